The average molecular weight is 363 g/mol. The van der Waals surface area contributed by atoms with Crippen LogP contribution in [0.15, 0.2) is 42.5 Å². The van der Waals surface area contributed by atoms with Crippen LogP contribution in [0.4, 0.5) is 15.8 Å². The molecule has 0 aliphatic carbocycles. The normalized spacial score (nSPS) is 15.2. The highest BCUT2D eigenvalue weighted by Crippen LogP contribution is 2.20. The van der Waals surface area contributed by atoms with Crippen molar-refractivity contribution in [2.24, 2.45) is 0 Å². The molecule has 1 aliphatic rings. The largest absolute Gasteiger partial charge is 0.358 e. The van der Waals surface area contributed by atoms with E-state index in [0.717, 1.165) is 37.4 Å². The Bertz CT molecular complexity index is 760. The number of benzene rings is 2. The van der Waals surface area contributed by atoms with E-state index in [1.807, 2.05) is 24.0 Å². The van der Waals surface area contributed by atoms with E-state index >= 15 is 0 Å². The molecule has 0 spiro atoms. The third kappa shape index (κ3) is 4.50. The second kappa shape index (κ2) is 7.85. The summed E-state index contributed by atoms with van der Waals surface area (Å²) in [5.74, 6) is -0.222. The molecule has 0 unspecified atom stereocenters. The van der Waals surface area contributed by atoms with Gasteiger partial charge in [-0.05, 0) is 36.8 Å². The molecule has 1 saturated heterocycles. The number of carbonyl (C=O) groups excluding carboxylic acids is 1. The molecule has 1 amide bonds. The Kier molecular flexibility index (Phi) is 5.56. The fraction of sp³-hybridized carbons (Fsp3) is 0.316. The number of nitrogens with zero attached hydrogens (tertiary/aromatic N) is 1. The molecule has 1 heterocycles. The summed E-state index contributed by atoms with van der Waals surface area (Å²) in [6.07, 6.45) is 0. The van der Waals surface area contributed by atoms with Crippen LogP contribution in [0.5, 0.6) is 0 Å². The molecule has 0 aromatic heterocycles. The Balaban J connectivity index is 1.53. The molecule has 0 atom stereocenters. The van der Waals surface area contributed by atoms with Crippen molar-refractivity contribution in [2.45, 2.75) is 6.92 Å². The van der Waals surface area contributed by atoms with Crippen molar-refractivity contribution in [3.63, 3.8) is 0 Å². The van der Waals surface area contributed by atoms with E-state index in [4.69, 9.17) is 11.6 Å². The Morgan fingerprint density at radius 2 is 1.96 bits per heavy atom. The first-order chi connectivity index (χ1) is 12.0. The van der Waals surface area contributed by atoms with Gasteiger partial charge in [-0.3, -0.25) is 4.79 Å². The van der Waals surface area contributed by atoms with E-state index in [0.29, 0.717) is 17.3 Å². The van der Waals surface area contributed by atoms with Crippen LogP contribution in [-0.4, -0.2) is 38.6 Å². The monoisotopic (exact) mass is 362 g/mol. The number of amides is 1. The second-order valence-corrected chi connectivity index (χ2v) is 6.81. The van der Waals surface area contributed by atoms with Crippen LogP contribution in [0.25, 0.3) is 0 Å². The van der Waals surface area contributed by atoms with E-state index in [1.165, 1.54) is 11.0 Å². The molecule has 3 rings (SSSR count). The van der Waals surface area contributed by atoms with E-state index < -0.39 is 0 Å². The molecule has 25 heavy (non-hydrogen) atoms. The Morgan fingerprint density at radius 3 is 2.68 bits per heavy atom. The fourth-order valence-corrected chi connectivity index (χ4v) is 3.27. The quantitative estimate of drug-likeness (QED) is 0.874. The van der Waals surface area contributed by atoms with Gasteiger partial charge in [0.2, 0.25) is 0 Å². The summed E-state index contributed by atoms with van der Waals surface area (Å²) in [5, 5.41) is 3.54. The summed E-state index contributed by atoms with van der Waals surface area (Å²) >= 11 is 5.99. The third-order valence-electron chi connectivity index (χ3n) is 4.55. The Labute approximate surface area is 152 Å². The third-order valence-corrected chi connectivity index (χ3v) is 4.78. The van der Waals surface area contributed by atoms with Gasteiger partial charge in [-0.25, -0.2) is 4.39 Å². The molecular weight excluding hydrogens is 341 g/mol. The maximum absolute atomic E-state index is 13.9. The van der Waals surface area contributed by atoms with Gasteiger partial charge in [-0.1, -0.05) is 29.8 Å². The molecule has 1 fully saturated rings. The van der Waals surface area contributed by atoms with Crippen LogP contribution in [0, 0.1) is 12.7 Å². The van der Waals surface area contributed by atoms with Crippen molar-refractivity contribution < 1.29 is 14.1 Å². The summed E-state index contributed by atoms with van der Waals surface area (Å²) in [4.78, 5) is 15.5. The highest BCUT2D eigenvalue weighted by Gasteiger charge is 2.23. The molecule has 0 saturated carbocycles. The van der Waals surface area contributed by atoms with E-state index in [1.54, 1.807) is 24.3 Å². The van der Waals surface area contributed by atoms with Gasteiger partial charge in [0.15, 0.2) is 6.54 Å². The fourth-order valence-electron chi connectivity index (χ4n) is 3.10. The van der Waals surface area contributed by atoms with Crippen molar-refractivity contribution >= 4 is 28.9 Å². The summed E-state index contributed by atoms with van der Waals surface area (Å²) in [6.45, 7) is 5.41. The average Bonchev–Trinajstić information content (AvgIpc) is 2.59. The number of para-hydroxylation sites is 1. The lowest BCUT2D eigenvalue weighted by Crippen LogP contribution is -3.15. The van der Waals surface area contributed by atoms with Gasteiger partial charge in [0.1, 0.15) is 5.82 Å². The van der Waals surface area contributed by atoms with Crippen molar-refractivity contribution in [2.75, 3.05) is 42.9 Å². The minimum absolute atomic E-state index is 0.0280. The van der Waals surface area contributed by atoms with Gasteiger partial charge in [0.25, 0.3) is 5.91 Å². The van der Waals surface area contributed by atoms with Gasteiger partial charge in [0.05, 0.1) is 31.9 Å². The predicted molar refractivity (Wildman–Crippen MR) is 99.0 cm³/mol. The number of carbonyl (C=O) groups is 1. The highest BCUT2D eigenvalue weighted by molar-refractivity contribution is 6.31. The first kappa shape index (κ1) is 17.7. The maximum atomic E-state index is 13.9. The number of quaternary nitrogens is 1. The molecule has 2 aromatic rings. The molecule has 132 valence electrons. The zero-order valence-electron chi connectivity index (χ0n) is 14.2. The maximum Gasteiger partial charge on any atom is 0.279 e. The standard InChI is InChI=1S/C19H21ClFN3O/c1-14-6-7-15(20)12-17(14)22-19(25)13-23-8-10-24(11-9-23)18-5-3-2-4-16(18)21/h2-7,12H,8-11,13H2,1H3,(H,22,25)/p+1. The first-order valence-electron chi connectivity index (χ1n) is 8.42. The lowest BCUT2D eigenvalue weighted by Gasteiger charge is -2.33. The summed E-state index contributed by atoms with van der Waals surface area (Å²) < 4.78 is 13.9. The van der Waals surface area contributed by atoms with Crippen molar-refractivity contribution in [3.05, 3.63) is 58.9 Å². The highest BCUT2D eigenvalue weighted by atomic mass is 35.5. The van der Waals surface area contributed by atoms with Crippen LogP contribution in [0.1, 0.15) is 5.56 Å². The van der Waals surface area contributed by atoms with Gasteiger partial charge >= 0.3 is 0 Å². The molecule has 4 nitrogen and oxygen atoms in total. The summed E-state index contributed by atoms with van der Waals surface area (Å²) in [7, 11) is 0. The van der Waals surface area contributed by atoms with Crippen molar-refractivity contribution in [1.82, 2.24) is 0 Å². The Morgan fingerprint density at radius 1 is 1.24 bits per heavy atom. The number of hydrogen-bond donors (Lipinski definition) is 2. The number of anilines is 2. The van der Waals surface area contributed by atoms with Crippen LogP contribution >= 0.6 is 11.6 Å². The van der Waals surface area contributed by atoms with Crippen LogP contribution in [0.3, 0.4) is 0 Å². The van der Waals surface area contributed by atoms with Gasteiger partial charge in [0, 0.05) is 10.7 Å². The van der Waals surface area contributed by atoms with E-state index in [9.17, 15) is 9.18 Å². The molecule has 2 N–H and O–H groups in total. The molecule has 1 aliphatic heterocycles. The molecule has 2 aromatic carbocycles. The van der Waals surface area contributed by atoms with Crippen LogP contribution < -0.4 is 15.1 Å². The molecule has 0 radical (unpaired) electrons. The van der Waals surface area contributed by atoms with Crippen LogP contribution in [0.2, 0.25) is 5.02 Å². The SMILES string of the molecule is Cc1ccc(Cl)cc1NC(=O)C[NH+]1CCN(c2ccccc2F)CC1. The number of nitrogens with one attached hydrogen (secondary N) is 2. The Hall–Kier alpha value is -2.11. The number of hydrogen-bond acceptors (Lipinski definition) is 2. The lowest BCUT2D eigenvalue weighted by atomic mass is 10.2. The van der Waals surface area contributed by atoms with Crippen LogP contribution in [-0.2, 0) is 4.79 Å². The summed E-state index contributed by atoms with van der Waals surface area (Å²) in [6, 6.07) is 12.3. The zero-order valence-corrected chi connectivity index (χ0v) is 14.9. The molecule has 0 bridgehead atoms. The molecular formula is C19H22ClFN3O+. The number of halogens is 2. The zero-order chi connectivity index (χ0) is 17.8. The second-order valence-electron chi connectivity index (χ2n) is 6.37. The van der Waals surface area contributed by atoms with Crippen molar-refractivity contribution in [3.8, 4) is 0 Å². The smallest absolute Gasteiger partial charge is 0.279 e. The number of aryl methyl sites for hydroxylation is 1. The predicted octanol–water partition coefficient (Wildman–Crippen LogP) is 2.13. The van der Waals surface area contributed by atoms with Gasteiger partial charge < -0.3 is 15.1 Å². The van der Waals surface area contributed by atoms with Gasteiger partial charge in [-0.15, -0.1) is 0 Å². The van der Waals surface area contributed by atoms with Gasteiger partial charge in [-0.2, -0.15) is 0 Å². The topological polar surface area (TPSA) is 36.8 Å². The number of piperazine rings is 1. The minimum atomic E-state index is -0.194. The van der Waals surface area contributed by atoms with Crippen molar-refractivity contribution in [1.29, 1.82) is 0 Å². The first-order valence-corrected chi connectivity index (χ1v) is 8.80. The van der Waals surface area contributed by atoms with E-state index in [-0.39, 0.29) is 11.7 Å². The lowest BCUT2D eigenvalue weighted by molar-refractivity contribution is -0.892. The number of rotatable bonds is 4. The minimum Gasteiger partial charge on any atom is -0.358 e. The molecule has 6 heteroatoms. The summed E-state index contributed by atoms with van der Waals surface area (Å²) in [5.41, 5.74) is 2.37. The van der Waals surface area contributed by atoms with E-state index in [2.05, 4.69) is 5.32 Å².